The van der Waals surface area contributed by atoms with Crippen LogP contribution >= 0.6 is 0 Å². The quantitative estimate of drug-likeness (QED) is 0.574. The maximum absolute atomic E-state index is 11.5. The second-order valence-corrected chi connectivity index (χ2v) is 3.72. The van der Waals surface area contributed by atoms with Crippen LogP contribution in [0.15, 0.2) is 30.4 Å². The van der Waals surface area contributed by atoms with Gasteiger partial charge in [-0.2, -0.15) is 0 Å². The Balaban J connectivity index is 2.83. The van der Waals surface area contributed by atoms with Gasteiger partial charge in [0.1, 0.15) is 11.5 Å². The highest BCUT2D eigenvalue weighted by atomic mass is 16.5. The third kappa shape index (κ3) is 3.80. The third-order valence-electron chi connectivity index (χ3n) is 2.39. The molecule has 0 heterocycles. The first-order valence-corrected chi connectivity index (χ1v) is 5.67. The summed E-state index contributed by atoms with van der Waals surface area (Å²) >= 11 is 0. The second kappa shape index (κ2) is 6.69. The second-order valence-electron chi connectivity index (χ2n) is 3.72. The summed E-state index contributed by atoms with van der Waals surface area (Å²) in [5.74, 6) is 0.987. The first kappa shape index (κ1) is 14.1. The summed E-state index contributed by atoms with van der Waals surface area (Å²) in [6.45, 7) is 5.83. The zero-order valence-electron chi connectivity index (χ0n) is 11.0. The van der Waals surface area contributed by atoms with E-state index in [0.717, 1.165) is 5.56 Å². The largest absolute Gasteiger partial charge is 0.497 e. The summed E-state index contributed by atoms with van der Waals surface area (Å²) in [7, 11) is 3.16. The van der Waals surface area contributed by atoms with Crippen molar-refractivity contribution in [2.45, 2.75) is 13.3 Å². The van der Waals surface area contributed by atoms with E-state index in [2.05, 4.69) is 6.58 Å². The van der Waals surface area contributed by atoms with E-state index in [1.165, 1.54) is 0 Å². The molecule has 98 valence electrons. The molecule has 4 nitrogen and oxygen atoms in total. The van der Waals surface area contributed by atoms with Gasteiger partial charge < -0.3 is 14.2 Å². The van der Waals surface area contributed by atoms with E-state index >= 15 is 0 Å². The van der Waals surface area contributed by atoms with Crippen LogP contribution < -0.4 is 9.47 Å². The summed E-state index contributed by atoms with van der Waals surface area (Å²) < 4.78 is 15.2. The van der Waals surface area contributed by atoms with Crippen LogP contribution in [0.5, 0.6) is 11.5 Å². The smallest absolute Gasteiger partial charge is 0.333 e. The Morgan fingerprint density at radius 2 is 1.72 bits per heavy atom. The summed E-state index contributed by atoms with van der Waals surface area (Å²) in [4.78, 5) is 11.5. The molecule has 0 aliphatic rings. The lowest BCUT2D eigenvalue weighted by molar-refractivity contribution is -0.138. The van der Waals surface area contributed by atoms with Crippen molar-refractivity contribution in [2.24, 2.45) is 0 Å². The Hall–Kier alpha value is -1.97. The number of methoxy groups -OCH3 is 2. The number of rotatable bonds is 6. The summed E-state index contributed by atoms with van der Waals surface area (Å²) in [6.07, 6.45) is 0.409. The fraction of sp³-hybridized carbons (Fsp3) is 0.357. The molecule has 0 aromatic heterocycles. The first-order chi connectivity index (χ1) is 8.60. The molecule has 0 radical (unpaired) electrons. The van der Waals surface area contributed by atoms with Crippen molar-refractivity contribution >= 4 is 5.97 Å². The Bertz CT molecular complexity index is 415. The summed E-state index contributed by atoms with van der Waals surface area (Å²) in [5.41, 5.74) is 1.30. The molecule has 0 saturated carbocycles. The molecule has 1 aromatic carbocycles. The standard InChI is InChI=1S/C14H18O4/c1-5-18-14(15)10(2)6-11-7-12(16-3)9-13(8-11)17-4/h7-9H,2,5-6H2,1,3-4H3. The molecule has 18 heavy (non-hydrogen) atoms. The molecule has 0 spiro atoms. The normalized spacial score (nSPS) is 9.72. The van der Waals surface area contributed by atoms with Gasteiger partial charge in [0.05, 0.1) is 20.8 Å². The number of carbonyl (C=O) groups excluding carboxylic acids is 1. The van der Waals surface area contributed by atoms with Crippen LogP contribution in [0.1, 0.15) is 12.5 Å². The van der Waals surface area contributed by atoms with Gasteiger partial charge in [-0.25, -0.2) is 4.79 Å². The van der Waals surface area contributed by atoms with Crippen LogP contribution in [-0.2, 0) is 16.0 Å². The molecule has 0 bridgehead atoms. The minimum atomic E-state index is -0.376. The van der Waals surface area contributed by atoms with Crippen molar-refractivity contribution < 1.29 is 19.0 Å². The molecule has 4 heteroatoms. The van der Waals surface area contributed by atoms with Crippen molar-refractivity contribution in [3.63, 3.8) is 0 Å². The maximum atomic E-state index is 11.5. The molecule has 0 N–H and O–H groups in total. The fourth-order valence-corrected chi connectivity index (χ4v) is 1.52. The van der Waals surface area contributed by atoms with Gasteiger partial charge in [-0.3, -0.25) is 0 Å². The minimum Gasteiger partial charge on any atom is -0.497 e. The molecular weight excluding hydrogens is 232 g/mol. The van der Waals surface area contributed by atoms with E-state index in [1.54, 1.807) is 27.2 Å². The van der Waals surface area contributed by atoms with Gasteiger partial charge in [-0.05, 0) is 24.6 Å². The molecule has 1 rings (SSSR count). The minimum absolute atomic E-state index is 0.347. The Morgan fingerprint density at radius 1 is 1.17 bits per heavy atom. The number of hydrogen-bond acceptors (Lipinski definition) is 4. The number of carbonyl (C=O) groups is 1. The van der Waals surface area contributed by atoms with Gasteiger partial charge in [0.2, 0.25) is 0 Å². The van der Waals surface area contributed by atoms with Crippen molar-refractivity contribution in [1.29, 1.82) is 0 Å². The van der Waals surface area contributed by atoms with Gasteiger partial charge >= 0.3 is 5.97 Å². The SMILES string of the molecule is C=C(Cc1cc(OC)cc(OC)c1)C(=O)OCC. The highest BCUT2D eigenvalue weighted by Gasteiger charge is 2.10. The van der Waals surface area contributed by atoms with Gasteiger partial charge in [0.15, 0.2) is 0 Å². The average molecular weight is 250 g/mol. The van der Waals surface area contributed by atoms with Crippen LogP contribution in [0, 0.1) is 0 Å². The monoisotopic (exact) mass is 250 g/mol. The highest BCUT2D eigenvalue weighted by Crippen LogP contribution is 2.24. The summed E-state index contributed by atoms with van der Waals surface area (Å²) in [6, 6.07) is 5.45. The van der Waals surface area contributed by atoms with Crippen LogP contribution in [0.25, 0.3) is 0 Å². The zero-order valence-corrected chi connectivity index (χ0v) is 11.0. The van der Waals surface area contributed by atoms with E-state index in [9.17, 15) is 4.79 Å². The third-order valence-corrected chi connectivity index (χ3v) is 2.39. The van der Waals surface area contributed by atoms with Crippen molar-refractivity contribution in [1.82, 2.24) is 0 Å². The molecule has 0 unspecified atom stereocenters. The Morgan fingerprint density at radius 3 is 2.17 bits per heavy atom. The van der Waals surface area contributed by atoms with Crippen LogP contribution in [0.2, 0.25) is 0 Å². The molecule has 1 aromatic rings. The molecule has 0 atom stereocenters. The molecule has 0 amide bonds. The predicted octanol–water partition coefficient (Wildman–Crippen LogP) is 2.37. The average Bonchev–Trinajstić information content (AvgIpc) is 2.38. The van der Waals surface area contributed by atoms with E-state index in [1.807, 2.05) is 12.1 Å². The lowest BCUT2D eigenvalue weighted by Crippen LogP contribution is -2.08. The molecule has 0 aliphatic heterocycles. The molecule has 0 aliphatic carbocycles. The maximum Gasteiger partial charge on any atom is 0.333 e. The van der Waals surface area contributed by atoms with Crippen molar-refractivity contribution in [3.8, 4) is 11.5 Å². The predicted molar refractivity (Wildman–Crippen MR) is 69.0 cm³/mol. The fourth-order valence-electron chi connectivity index (χ4n) is 1.52. The van der Waals surface area contributed by atoms with Gasteiger partial charge in [-0.1, -0.05) is 6.58 Å². The number of hydrogen-bond donors (Lipinski definition) is 0. The van der Waals surface area contributed by atoms with Crippen LogP contribution in [0.3, 0.4) is 0 Å². The lowest BCUT2D eigenvalue weighted by atomic mass is 10.1. The summed E-state index contributed by atoms with van der Waals surface area (Å²) in [5, 5.41) is 0. The number of esters is 1. The van der Waals surface area contributed by atoms with E-state index < -0.39 is 0 Å². The first-order valence-electron chi connectivity index (χ1n) is 5.67. The molecule has 0 saturated heterocycles. The van der Waals surface area contributed by atoms with E-state index in [4.69, 9.17) is 14.2 Å². The lowest BCUT2D eigenvalue weighted by Gasteiger charge is -2.09. The van der Waals surface area contributed by atoms with Crippen molar-refractivity contribution in [3.05, 3.63) is 35.9 Å². The number of ether oxygens (including phenoxy) is 3. The van der Waals surface area contributed by atoms with Crippen LogP contribution in [0.4, 0.5) is 0 Å². The Labute approximate surface area is 107 Å². The Kier molecular flexibility index (Phi) is 5.24. The zero-order chi connectivity index (χ0) is 13.5. The van der Waals surface area contributed by atoms with Gasteiger partial charge in [-0.15, -0.1) is 0 Å². The van der Waals surface area contributed by atoms with Crippen LogP contribution in [-0.4, -0.2) is 26.8 Å². The molecule has 0 fully saturated rings. The number of benzene rings is 1. The van der Waals surface area contributed by atoms with Gasteiger partial charge in [0, 0.05) is 18.1 Å². The topological polar surface area (TPSA) is 44.8 Å². The van der Waals surface area contributed by atoms with Gasteiger partial charge in [0.25, 0.3) is 0 Å². The van der Waals surface area contributed by atoms with E-state index in [-0.39, 0.29) is 5.97 Å². The van der Waals surface area contributed by atoms with E-state index in [0.29, 0.717) is 30.1 Å². The van der Waals surface area contributed by atoms with Crippen molar-refractivity contribution in [2.75, 3.05) is 20.8 Å². The molecular formula is C14H18O4. The highest BCUT2D eigenvalue weighted by molar-refractivity contribution is 5.88.